The van der Waals surface area contributed by atoms with Crippen LogP contribution in [0.25, 0.3) is 5.52 Å². The highest BCUT2D eigenvalue weighted by molar-refractivity contribution is 5.98. The predicted molar refractivity (Wildman–Crippen MR) is 109 cm³/mol. The zero-order valence-corrected chi connectivity index (χ0v) is 16.8. The summed E-state index contributed by atoms with van der Waals surface area (Å²) >= 11 is 0. The lowest BCUT2D eigenvalue weighted by atomic mass is 9.88. The summed E-state index contributed by atoms with van der Waals surface area (Å²) in [6.07, 6.45) is 2.21. The number of benzene rings is 1. The average Bonchev–Trinajstić information content (AvgIpc) is 3.15. The molecule has 2 aromatic heterocycles. The van der Waals surface area contributed by atoms with E-state index in [2.05, 4.69) is 10.1 Å². The highest BCUT2D eigenvalue weighted by Gasteiger charge is 2.27. The molecule has 0 radical (unpaired) electrons. The van der Waals surface area contributed by atoms with Gasteiger partial charge in [-0.2, -0.15) is 14.0 Å². The number of piperidine rings is 1. The first-order chi connectivity index (χ1) is 14.9. The van der Waals surface area contributed by atoms with Crippen molar-refractivity contribution in [2.75, 3.05) is 13.1 Å². The first-order valence-electron chi connectivity index (χ1n) is 10.3. The summed E-state index contributed by atoms with van der Waals surface area (Å²) in [5.41, 5.74) is 0.201. The molecule has 9 heteroatoms. The first-order valence-corrected chi connectivity index (χ1v) is 10.3. The van der Waals surface area contributed by atoms with Crippen LogP contribution in [0.2, 0.25) is 0 Å². The number of aryl methyl sites for hydroxylation is 1. The summed E-state index contributed by atoms with van der Waals surface area (Å²) < 4.78 is 27.7. The number of Topliss-reactive ketones (excluding diaryl/α,β-unsaturated/α-hetero) is 1. The molecule has 0 bridgehead atoms. The van der Waals surface area contributed by atoms with Gasteiger partial charge in [-0.25, -0.2) is 4.39 Å². The van der Waals surface area contributed by atoms with Crippen LogP contribution >= 0.6 is 0 Å². The number of H-pyrrole nitrogens is 1. The van der Waals surface area contributed by atoms with Gasteiger partial charge in [-0.05, 0) is 55.7 Å². The van der Waals surface area contributed by atoms with E-state index in [1.807, 2.05) is 0 Å². The summed E-state index contributed by atoms with van der Waals surface area (Å²) in [6, 6.07) is 8.07. The molecule has 3 aromatic rings. The number of rotatable bonds is 6. The second-order valence-electron chi connectivity index (χ2n) is 7.73. The number of hydrogen-bond acceptors (Lipinski definition) is 4. The number of nitrogens with zero attached hydrogens (tertiary/aromatic N) is 3. The summed E-state index contributed by atoms with van der Waals surface area (Å²) in [7, 11) is 0. The first kappa shape index (κ1) is 20.9. The van der Waals surface area contributed by atoms with Crippen molar-refractivity contribution in [3.8, 4) is 0 Å². The van der Waals surface area contributed by atoms with Crippen molar-refractivity contribution >= 4 is 17.2 Å². The summed E-state index contributed by atoms with van der Waals surface area (Å²) in [5, 5.41) is 4.07. The maximum Gasteiger partial charge on any atom is 0.275 e. The molecule has 1 aliphatic rings. The van der Waals surface area contributed by atoms with Gasteiger partial charge >= 0.3 is 0 Å². The molecule has 1 aromatic carbocycles. The minimum absolute atomic E-state index is 0.0187. The normalized spacial score (nSPS) is 14.8. The van der Waals surface area contributed by atoms with E-state index in [4.69, 9.17) is 0 Å². The Morgan fingerprint density at radius 3 is 2.48 bits per heavy atom. The fourth-order valence-electron chi connectivity index (χ4n) is 3.94. The second-order valence-corrected chi connectivity index (χ2v) is 7.73. The van der Waals surface area contributed by atoms with Crippen LogP contribution in [-0.4, -0.2) is 44.3 Å². The molecule has 3 heterocycles. The van der Waals surface area contributed by atoms with E-state index >= 15 is 0 Å². The quantitative estimate of drug-likeness (QED) is 0.612. The van der Waals surface area contributed by atoms with Gasteiger partial charge in [0.1, 0.15) is 17.2 Å². The molecule has 0 atom stereocenters. The number of aromatic amines is 1. The molecule has 0 aliphatic carbocycles. The van der Waals surface area contributed by atoms with Crippen LogP contribution in [0.1, 0.15) is 41.9 Å². The lowest BCUT2D eigenvalue weighted by molar-refractivity contribution is -0.132. The molecule has 0 saturated carbocycles. The molecule has 0 spiro atoms. The maximum atomic E-state index is 13.7. The van der Waals surface area contributed by atoms with E-state index in [1.54, 1.807) is 4.90 Å². The van der Waals surface area contributed by atoms with Crippen molar-refractivity contribution in [3.63, 3.8) is 0 Å². The van der Waals surface area contributed by atoms with Crippen LogP contribution in [0.15, 0.2) is 41.2 Å². The second kappa shape index (κ2) is 8.79. The van der Waals surface area contributed by atoms with E-state index in [0.29, 0.717) is 50.2 Å². The van der Waals surface area contributed by atoms with Gasteiger partial charge in [0.25, 0.3) is 5.56 Å². The number of ketones is 1. The Morgan fingerprint density at radius 1 is 1.06 bits per heavy atom. The minimum atomic E-state index is -0.614. The van der Waals surface area contributed by atoms with E-state index < -0.39 is 11.5 Å². The highest BCUT2D eigenvalue weighted by atomic mass is 19.1. The number of carbonyl (C=O) groups excluding carboxylic acids is 2. The molecule has 31 heavy (non-hydrogen) atoms. The molecular formula is C22H22F2N4O3. The van der Waals surface area contributed by atoms with Gasteiger partial charge < -0.3 is 9.88 Å². The molecule has 1 fully saturated rings. The lowest BCUT2D eigenvalue weighted by Crippen LogP contribution is -2.40. The Labute approximate surface area is 176 Å². The van der Waals surface area contributed by atoms with Crippen molar-refractivity contribution < 1.29 is 18.4 Å². The molecular weight excluding hydrogens is 406 g/mol. The monoisotopic (exact) mass is 428 g/mol. The Hall–Kier alpha value is -3.36. The molecule has 1 aliphatic heterocycles. The predicted octanol–water partition coefficient (Wildman–Crippen LogP) is 2.75. The van der Waals surface area contributed by atoms with Crippen molar-refractivity contribution in [1.29, 1.82) is 0 Å². The maximum absolute atomic E-state index is 13.7. The lowest BCUT2D eigenvalue weighted by Gasteiger charge is -2.31. The van der Waals surface area contributed by atoms with Crippen LogP contribution in [0.4, 0.5) is 8.78 Å². The number of halogens is 2. The smallest absolute Gasteiger partial charge is 0.275 e. The van der Waals surface area contributed by atoms with E-state index in [0.717, 1.165) is 4.52 Å². The summed E-state index contributed by atoms with van der Waals surface area (Å²) in [4.78, 5) is 41.4. The number of nitrogens with one attached hydrogen (secondary N) is 1. The summed E-state index contributed by atoms with van der Waals surface area (Å²) in [5.74, 6) is -0.889. The fraction of sp³-hybridized carbons (Fsp3) is 0.364. The van der Waals surface area contributed by atoms with Crippen LogP contribution < -0.4 is 5.56 Å². The van der Waals surface area contributed by atoms with Crippen LogP contribution in [0.5, 0.6) is 0 Å². The Balaban J connectivity index is 1.27. The third-order valence-electron chi connectivity index (χ3n) is 5.67. The zero-order chi connectivity index (χ0) is 22.0. The van der Waals surface area contributed by atoms with E-state index in [-0.39, 0.29) is 35.4 Å². The average molecular weight is 428 g/mol. The standard InChI is InChI=1S/C22H22F2N4O3/c23-16-6-4-14(5-7-16)21(30)15-10-12-27(13-11-15)20(29)3-1-2-19-25-22(31)17-8-9-18(24)28(17)26-19/h4-9,15H,1-3,10-13H2,(H,25,26,31). The Bertz CT molecular complexity index is 1160. The number of aromatic nitrogens is 3. The van der Waals surface area contributed by atoms with Gasteiger partial charge in [-0.1, -0.05) is 0 Å². The van der Waals surface area contributed by atoms with Gasteiger partial charge in [0, 0.05) is 37.4 Å². The van der Waals surface area contributed by atoms with Crippen molar-refractivity contribution in [3.05, 3.63) is 69.9 Å². The van der Waals surface area contributed by atoms with Gasteiger partial charge in [-0.15, -0.1) is 0 Å². The van der Waals surface area contributed by atoms with Gasteiger partial charge in [-0.3, -0.25) is 14.4 Å². The van der Waals surface area contributed by atoms with Crippen LogP contribution in [-0.2, 0) is 11.2 Å². The van der Waals surface area contributed by atoms with Crippen molar-refractivity contribution in [2.45, 2.75) is 32.1 Å². The van der Waals surface area contributed by atoms with Gasteiger partial charge in [0.15, 0.2) is 5.78 Å². The summed E-state index contributed by atoms with van der Waals surface area (Å²) in [6.45, 7) is 0.984. The molecule has 1 saturated heterocycles. The topological polar surface area (TPSA) is 87.5 Å². The molecule has 1 amide bonds. The van der Waals surface area contributed by atoms with Gasteiger partial charge in [0.2, 0.25) is 11.9 Å². The van der Waals surface area contributed by atoms with E-state index in [1.165, 1.54) is 36.4 Å². The number of fused-ring (bicyclic) bond motifs is 1. The molecule has 7 nitrogen and oxygen atoms in total. The third kappa shape index (κ3) is 4.55. The SMILES string of the molecule is O=C(c1ccc(F)cc1)C1CCN(C(=O)CCCc2nn3c(F)ccc3c(=O)[nH]2)CC1. The molecule has 4 rings (SSSR count). The molecule has 1 N–H and O–H groups in total. The van der Waals surface area contributed by atoms with Crippen molar-refractivity contribution in [1.82, 2.24) is 19.5 Å². The Morgan fingerprint density at radius 2 is 1.77 bits per heavy atom. The van der Waals surface area contributed by atoms with E-state index in [9.17, 15) is 23.2 Å². The largest absolute Gasteiger partial charge is 0.343 e. The molecule has 162 valence electrons. The molecule has 0 unspecified atom stereocenters. The number of likely N-dealkylation sites (tertiary alicyclic amines) is 1. The number of hydrogen-bond donors (Lipinski definition) is 1. The Kier molecular flexibility index (Phi) is 5.92. The highest BCUT2D eigenvalue weighted by Crippen LogP contribution is 2.22. The van der Waals surface area contributed by atoms with Gasteiger partial charge in [0.05, 0.1) is 0 Å². The minimum Gasteiger partial charge on any atom is -0.343 e. The van der Waals surface area contributed by atoms with Crippen LogP contribution in [0, 0.1) is 17.7 Å². The fourth-order valence-corrected chi connectivity index (χ4v) is 3.94. The number of carbonyl (C=O) groups is 2. The number of amides is 1. The van der Waals surface area contributed by atoms with Crippen LogP contribution in [0.3, 0.4) is 0 Å². The third-order valence-corrected chi connectivity index (χ3v) is 5.67. The van der Waals surface area contributed by atoms with Crippen molar-refractivity contribution in [2.24, 2.45) is 5.92 Å². The zero-order valence-electron chi connectivity index (χ0n) is 16.8.